The molecular formula is C18H19NO2. The standard InChI is InChI=1S/C18H19NO2/c1-21-17-11-5-8-14(18(17)20)12-19-16-10-4-7-13-6-2-3-9-15(13)16/h2-3,5-6,8-9,11-12,16,20H,4,7,10H2,1H3/t16-/m0/s1. The Morgan fingerprint density at radius 2 is 2.05 bits per heavy atom. The summed E-state index contributed by atoms with van der Waals surface area (Å²) < 4.78 is 5.12. The van der Waals surface area contributed by atoms with E-state index in [0.29, 0.717) is 11.3 Å². The fourth-order valence-corrected chi connectivity index (χ4v) is 2.86. The van der Waals surface area contributed by atoms with E-state index in [1.165, 1.54) is 11.1 Å². The lowest BCUT2D eigenvalue weighted by molar-refractivity contribution is 0.373. The second-order valence-electron chi connectivity index (χ2n) is 5.28. The third kappa shape index (κ3) is 2.77. The molecule has 0 saturated carbocycles. The maximum Gasteiger partial charge on any atom is 0.166 e. The number of hydrogen-bond donors (Lipinski definition) is 1. The summed E-state index contributed by atoms with van der Waals surface area (Å²) in [5.41, 5.74) is 3.39. The summed E-state index contributed by atoms with van der Waals surface area (Å²) in [4.78, 5) is 4.69. The van der Waals surface area contributed by atoms with Crippen molar-refractivity contribution in [1.29, 1.82) is 0 Å². The number of aryl methyl sites for hydroxylation is 1. The number of ether oxygens (including phenoxy) is 1. The number of hydrogen-bond acceptors (Lipinski definition) is 3. The highest BCUT2D eigenvalue weighted by Gasteiger charge is 2.18. The van der Waals surface area contributed by atoms with E-state index >= 15 is 0 Å². The van der Waals surface area contributed by atoms with Crippen LogP contribution in [-0.2, 0) is 6.42 Å². The number of rotatable bonds is 3. The van der Waals surface area contributed by atoms with E-state index in [4.69, 9.17) is 9.73 Å². The van der Waals surface area contributed by atoms with Crippen LogP contribution in [0.5, 0.6) is 11.5 Å². The first kappa shape index (κ1) is 13.7. The van der Waals surface area contributed by atoms with E-state index in [1.807, 2.05) is 12.1 Å². The van der Waals surface area contributed by atoms with Gasteiger partial charge in [0.05, 0.1) is 13.2 Å². The lowest BCUT2D eigenvalue weighted by Gasteiger charge is -2.22. The minimum absolute atomic E-state index is 0.146. The highest BCUT2D eigenvalue weighted by Crippen LogP contribution is 2.33. The second kappa shape index (κ2) is 6.00. The number of para-hydroxylation sites is 1. The molecule has 0 amide bonds. The van der Waals surface area contributed by atoms with Gasteiger partial charge in [0.1, 0.15) is 0 Å². The molecule has 3 rings (SSSR count). The van der Waals surface area contributed by atoms with Crippen molar-refractivity contribution in [3.63, 3.8) is 0 Å². The molecule has 0 radical (unpaired) electrons. The molecule has 108 valence electrons. The van der Waals surface area contributed by atoms with Gasteiger partial charge in [-0.1, -0.05) is 30.3 Å². The topological polar surface area (TPSA) is 41.8 Å². The van der Waals surface area contributed by atoms with Gasteiger partial charge in [0, 0.05) is 11.8 Å². The van der Waals surface area contributed by atoms with Gasteiger partial charge in [-0.2, -0.15) is 0 Å². The lowest BCUT2D eigenvalue weighted by Crippen LogP contribution is -2.08. The van der Waals surface area contributed by atoms with E-state index in [2.05, 4.69) is 24.3 Å². The summed E-state index contributed by atoms with van der Waals surface area (Å²) in [7, 11) is 1.55. The van der Waals surface area contributed by atoms with Crippen LogP contribution in [-0.4, -0.2) is 18.4 Å². The Kier molecular flexibility index (Phi) is 3.91. The van der Waals surface area contributed by atoms with Crippen molar-refractivity contribution in [1.82, 2.24) is 0 Å². The van der Waals surface area contributed by atoms with Crippen molar-refractivity contribution in [2.45, 2.75) is 25.3 Å². The molecule has 3 heteroatoms. The van der Waals surface area contributed by atoms with Gasteiger partial charge in [0.25, 0.3) is 0 Å². The monoisotopic (exact) mass is 281 g/mol. The highest BCUT2D eigenvalue weighted by atomic mass is 16.5. The van der Waals surface area contributed by atoms with Gasteiger partial charge in [-0.05, 0) is 42.5 Å². The van der Waals surface area contributed by atoms with Crippen LogP contribution in [0, 0.1) is 0 Å². The third-order valence-electron chi connectivity index (χ3n) is 3.98. The number of aliphatic imine (C=N–C) groups is 1. The SMILES string of the molecule is COc1cccc(C=N[C@H]2CCCc3ccccc32)c1O. The molecule has 0 bridgehead atoms. The average molecular weight is 281 g/mol. The number of phenols is 1. The number of fused-ring (bicyclic) bond motifs is 1. The Balaban J connectivity index is 1.88. The van der Waals surface area contributed by atoms with Gasteiger partial charge < -0.3 is 9.84 Å². The van der Waals surface area contributed by atoms with Crippen molar-refractivity contribution in [3.05, 3.63) is 59.2 Å². The fraction of sp³-hybridized carbons (Fsp3) is 0.278. The summed E-state index contributed by atoms with van der Waals surface area (Å²) in [6.07, 6.45) is 5.10. The van der Waals surface area contributed by atoms with Crippen molar-refractivity contribution < 1.29 is 9.84 Å². The number of nitrogens with zero attached hydrogens (tertiary/aromatic N) is 1. The Morgan fingerprint density at radius 3 is 2.90 bits per heavy atom. The van der Waals surface area contributed by atoms with Crippen LogP contribution in [0.3, 0.4) is 0 Å². The first-order valence-electron chi connectivity index (χ1n) is 7.26. The second-order valence-corrected chi connectivity index (χ2v) is 5.28. The van der Waals surface area contributed by atoms with Crippen LogP contribution in [0.25, 0.3) is 0 Å². The van der Waals surface area contributed by atoms with Gasteiger partial charge in [-0.25, -0.2) is 0 Å². The summed E-state index contributed by atoms with van der Waals surface area (Å²) in [5.74, 6) is 0.621. The van der Waals surface area contributed by atoms with E-state index in [-0.39, 0.29) is 11.8 Å². The number of benzene rings is 2. The molecule has 0 aromatic heterocycles. The summed E-state index contributed by atoms with van der Waals surface area (Å²) in [6, 6.07) is 14.1. The summed E-state index contributed by atoms with van der Waals surface area (Å²) >= 11 is 0. The zero-order valence-electron chi connectivity index (χ0n) is 12.1. The fourth-order valence-electron chi connectivity index (χ4n) is 2.86. The van der Waals surface area contributed by atoms with Crippen molar-refractivity contribution in [2.24, 2.45) is 4.99 Å². The third-order valence-corrected chi connectivity index (χ3v) is 3.98. The van der Waals surface area contributed by atoms with E-state index in [1.54, 1.807) is 19.4 Å². The molecule has 1 aliphatic rings. The minimum Gasteiger partial charge on any atom is -0.504 e. The number of phenolic OH excluding ortho intramolecular Hbond substituents is 1. The molecule has 21 heavy (non-hydrogen) atoms. The molecule has 2 aromatic rings. The summed E-state index contributed by atoms with van der Waals surface area (Å²) in [5, 5.41) is 10.1. The lowest BCUT2D eigenvalue weighted by atomic mass is 9.88. The molecule has 1 atom stereocenters. The Morgan fingerprint density at radius 1 is 1.19 bits per heavy atom. The van der Waals surface area contributed by atoms with Gasteiger partial charge in [0.15, 0.2) is 11.5 Å². The highest BCUT2D eigenvalue weighted by molar-refractivity contribution is 5.85. The predicted octanol–water partition coefficient (Wildman–Crippen LogP) is 3.90. The predicted molar refractivity (Wildman–Crippen MR) is 84.4 cm³/mol. The van der Waals surface area contributed by atoms with E-state index in [9.17, 15) is 5.11 Å². The Labute approximate surface area is 124 Å². The molecule has 3 nitrogen and oxygen atoms in total. The quantitative estimate of drug-likeness (QED) is 0.867. The van der Waals surface area contributed by atoms with Gasteiger partial charge in [-0.15, -0.1) is 0 Å². The van der Waals surface area contributed by atoms with Gasteiger partial charge in [-0.3, -0.25) is 4.99 Å². The molecule has 0 spiro atoms. The average Bonchev–Trinajstić information content (AvgIpc) is 2.54. The molecular weight excluding hydrogens is 262 g/mol. The molecule has 0 unspecified atom stereocenters. The van der Waals surface area contributed by atoms with Crippen molar-refractivity contribution in [3.8, 4) is 11.5 Å². The molecule has 1 N–H and O–H groups in total. The van der Waals surface area contributed by atoms with Crippen LogP contribution >= 0.6 is 0 Å². The van der Waals surface area contributed by atoms with Crippen LogP contribution < -0.4 is 4.74 Å². The van der Waals surface area contributed by atoms with E-state index < -0.39 is 0 Å². The largest absolute Gasteiger partial charge is 0.504 e. The van der Waals surface area contributed by atoms with Crippen molar-refractivity contribution in [2.75, 3.05) is 7.11 Å². The summed E-state index contributed by atoms with van der Waals surface area (Å²) in [6.45, 7) is 0. The van der Waals surface area contributed by atoms with Crippen LogP contribution in [0.4, 0.5) is 0 Å². The zero-order chi connectivity index (χ0) is 14.7. The number of aromatic hydroxyl groups is 1. The van der Waals surface area contributed by atoms with E-state index in [0.717, 1.165) is 19.3 Å². The minimum atomic E-state index is 0.146. The van der Waals surface area contributed by atoms with Gasteiger partial charge >= 0.3 is 0 Å². The molecule has 0 heterocycles. The first-order chi connectivity index (χ1) is 10.3. The molecule has 0 saturated heterocycles. The molecule has 0 aliphatic heterocycles. The molecule has 0 fully saturated rings. The zero-order valence-corrected chi connectivity index (χ0v) is 12.1. The molecule has 2 aromatic carbocycles. The molecule has 1 aliphatic carbocycles. The number of methoxy groups -OCH3 is 1. The van der Waals surface area contributed by atoms with Crippen LogP contribution in [0.15, 0.2) is 47.5 Å². The maximum atomic E-state index is 10.1. The maximum absolute atomic E-state index is 10.1. The Hall–Kier alpha value is -2.29. The van der Waals surface area contributed by atoms with Crippen molar-refractivity contribution >= 4 is 6.21 Å². The first-order valence-corrected chi connectivity index (χ1v) is 7.26. The normalized spacial score (nSPS) is 17.7. The van der Waals surface area contributed by atoms with Gasteiger partial charge in [0.2, 0.25) is 0 Å². The smallest absolute Gasteiger partial charge is 0.166 e. The van der Waals surface area contributed by atoms with Crippen LogP contribution in [0.2, 0.25) is 0 Å². The van der Waals surface area contributed by atoms with Crippen LogP contribution in [0.1, 0.15) is 35.6 Å². The Bertz CT molecular complexity index is 664.